The van der Waals surface area contributed by atoms with E-state index in [4.69, 9.17) is 4.74 Å². The third kappa shape index (κ3) is 3.16. The molecule has 1 aromatic rings. The largest absolute Gasteiger partial charge is 0.394 e. The summed E-state index contributed by atoms with van der Waals surface area (Å²) in [5.74, 6) is -1.36. The monoisotopic (exact) mass is 287 g/mol. The minimum atomic E-state index is -0.732. The van der Waals surface area contributed by atoms with Gasteiger partial charge in [-0.05, 0) is 6.42 Å². The number of morpholine rings is 1. The molecule has 0 aliphatic carbocycles. The summed E-state index contributed by atoms with van der Waals surface area (Å²) in [6.45, 7) is 3.46. The number of ether oxygens (including phenoxy) is 1. The predicted octanol–water partition coefficient (Wildman–Crippen LogP) is 1.38. The minimum absolute atomic E-state index is 0.0337. The van der Waals surface area contributed by atoms with Crippen molar-refractivity contribution >= 4 is 11.6 Å². The number of rotatable bonds is 5. The fourth-order valence-corrected chi connectivity index (χ4v) is 2.11. The van der Waals surface area contributed by atoms with Crippen molar-refractivity contribution in [1.29, 1.82) is 0 Å². The molecule has 112 valence electrons. The van der Waals surface area contributed by atoms with Crippen LogP contribution in [0.15, 0.2) is 6.07 Å². The number of anilines is 2. The number of halogens is 2. The van der Waals surface area contributed by atoms with Gasteiger partial charge >= 0.3 is 0 Å². The summed E-state index contributed by atoms with van der Waals surface area (Å²) in [5.41, 5.74) is 0. The van der Waals surface area contributed by atoms with E-state index in [9.17, 15) is 13.9 Å². The molecule has 0 spiro atoms. The summed E-state index contributed by atoms with van der Waals surface area (Å²) >= 11 is 0. The summed E-state index contributed by atoms with van der Waals surface area (Å²) in [4.78, 5) is 5.65. The predicted molar refractivity (Wildman–Crippen MR) is 72.0 cm³/mol. The van der Waals surface area contributed by atoms with Crippen LogP contribution in [0.5, 0.6) is 0 Å². The SMILES string of the molecule is CCCNc1nc(N2CCOCC2CO)c(F)cc1F. The molecular weight excluding hydrogens is 268 g/mol. The zero-order valence-corrected chi connectivity index (χ0v) is 11.4. The second-order valence-electron chi connectivity index (χ2n) is 4.66. The van der Waals surface area contributed by atoms with E-state index in [2.05, 4.69) is 10.3 Å². The third-order valence-electron chi connectivity index (χ3n) is 3.16. The Morgan fingerprint density at radius 1 is 1.50 bits per heavy atom. The summed E-state index contributed by atoms with van der Waals surface area (Å²) in [6.07, 6.45) is 0.810. The molecular formula is C13H19F2N3O2. The van der Waals surface area contributed by atoms with Crippen molar-refractivity contribution in [2.75, 3.05) is 43.1 Å². The van der Waals surface area contributed by atoms with Crippen molar-refractivity contribution in [2.24, 2.45) is 0 Å². The van der Waals surface area contributed by atoms with Crippen LogP contribution in [0.1, 0.15) is 13.3 Å². The minimum Gasteiger partial charge on any atom is -0.394 e. The van der Waals surface area contributed by atoms with E-state index < -0.39 is 11.6 Å². The van der Waals surface area contributed by atoms with E-state index in [1.54, 1.807) is 4.90 Å². The van der Waals surface area contributed by atoms with E-state index in [-0.39, 0.29) is 24.3 Å². The number of aliphatic hydroxyl groups is 1. The first kappa shape index (κ1) is 14.9. The fourth-order valence-electron chi connectivity index (χ4n) is 2.11. The Hall–Kier alpha value is -1.47. The highest BCUT2D eigenvalue weighted by Crippen LogP contribution is 2.25. The van der Waals surface area contributed by atoms with Gasteiger partial charge in [0.2, 0.25) is 0 Å². The quantitative estimate of drug-likeness (QED) is 0.857. The van der Waals surface area contributed by atoms with E-state index in [0.717, 1.165) is 12.5 Å². The van der Waals surface area contributed by atoms with Crippen LogP contribution in [-0.4, -0.2) is 49.0 Å². The summed E-state index contributed by atoms with van der Waals surface area (Å²) in [7, 11) is 0. The Balaban J connectivity index is 2.29. The second kappa shape index (κ2) is 6.81. The van der Waals surface area contributed by atoms with Gasteiger partial charge in [-0.3, -0.25) is 0 Å². The maximum absolute atomic E-state index is 14.0. The number of aliphatic hydroxyl groups excluding tert-OH is 1. The molecule has 1 aromatic heterocycles. The molecule has 0 amide bonds. The van der Waals surface area contributed by atoms with Gasteiger partial charge in [0.15, 0.2) is 23.3 Å². The standard InChI is InChI=1S/C13H19F2N3O2/c1-2-3-16-12-10(14)6-11(15)13(17-12)18-4-5-20-8-9(18)7-19/h6,9,19H,2-5,7-8H2,1H3,(H,16,17). The lowest BCUT2D eigenvalue weighted by Gasteiger charge is -2.35. The number of hydrogen-bond donors (Lipinski definition) is 2. The number of nitrogens with one attached hydrogen (secondary N) is 1. The molecule has 7 heteroatoms. The Labute approximate surface area is 116 Å². The van der Waals surface area contributed by atoms with E-state index >= 15 is 0 Å². The first-order chi connectivity index (χ1) is 9.67. The van der Waals surface area contributed by atoms with Gasteiger partial charge in [-0.2, -0.15) is 0 Å². The molecule has 1 atom stereocenters. The number of pyridine rings is 1. The molecule has 1 unspecified atom stereocenters. The van der Waals surface area contributed by atoms with Crippen molar-refractivity contribution in [3.63, 3.8) is 0 Å². The first-order valence-electron chi connectivity index (χ1n) is 6.72. The van der Waals surface area contributed by atoms with Crippen LogP contribution in [0.2, 0.25) is 0 Å². The molecule has 2 rings (SSSR count). The Morgan fingerprint density at radius 2 is 2.30 bits per heavy atom. The smallest absolute Gasteiger partial charge is 0.168 e. The number of hydrogen-bond acceptors (Lipinski definition) is 5. The van der Waals surface area contributed by atoms with Gasteiger partial charge in [-0.25, -0.2) is 13.8 Å². The second-order valence-corrected chi connectivity index (χ2v) is 4.66. The first-order valence-corrected chi connectivity index (χ1v) is 6.72. The van der Waals surface area contributed by atoms with Gasteiger partial charge in [0.25, 0.3) is 0 Å². The fraction of sp³-hybridized carbons (Fsp3) is 0.615. The Kier molecular flexibility index (Phi) is 5.08. The lowest BCUT2D eigenvalue weighted by molar-refractivity contribution is 0.0719. The molecule has 1 saturated heterocycles. The van der Waals surface area contributed by atoms with Crippen LogP contribution in [0.3, 0.4) is 0 Å². The zero-order chi connectivity index (χ0) is 14.5. The van der Waals surface area contributed by atoms with Crippen molar-refractivity contribution < 1.29 is 18.6 Å². The highest BCUT2D eigenvalue weighted by Gasteiger charge is 2.27. The molecule has 2 heterocycles. The molecule has 20 heavy (non-hydrogen) atoms. The van der Waals surface area contributed by atoms with Gasteiger partial charge in [0.1, 0.15) is 0 Å². The van der Waals surface area contributed by atoms with E-state index in [1.165, 1.54) is 0 Å². The molecule has 2 N–H and O–H groups in total. The zero-order valence-electron chi connectivity index (χ0n) is 11.4. The van der Waals surface area contributed by atoms with Gasteiger partial charge in [0.05, 0.1) is 25.9 Å². The van der Waals surface area contributed by atoms with Crippen molar-refractivity contribution in [1.82, 2.24) is 4.98 Å². The van der Waals surface area contributed by atoms with Crippen LogP contribution in [0.4, 0.5) is 20.4 Å². The average Bonchev–Trinajstić information content (AvgIpc) is 2.46. The third-order valence-corrected chi connectivity index (χ3v) is 3.16. The van der Waals surface area contributed by atoms with Crippen LogP contribution in [0, 0.1) is 11.6 Å². The van der Waals surface area contributed by atoms with E-state index in [0.29, 0.717) is 26.3 Å². The average molecular weight is 287 g/mol. The number of nitrogens with zero attached hydrogens (tertiary/aromatic N) is 2. The highest BCUT2D eigenvalue weighted by atomic mass is 19.1. The van der Waals surface area contributed by atoms with Crippen molar-refractivity contribution in [3.05, 3.63) is 17.7 Å². The molecule has 1 aliphatic rings. The van der Waals surface area contributed by atoms with Crippen LogP contribution >= 0.6 is 0 Å². The highest BCUT2D eigenvalue weighted by molar-refractivity contribution is 5.50. The summed E-state index contributed by atoms with van der Waals surface area (Å²) in [6, 6.07) is 0.458. The van der Waals surface area contributed by atoms with Gasteiger partial charge < -0.3 is 20.1 Å². The molecule has 5 nitrogen and oxygen atoms in total. The van der Waals surface area contributed by atoms with Crippen LogP contribution in [-0.2, 0) is 4.74 Å². The van der Waals surface area contributed by atoms with Crippen LogP contribution in [0.25, 0.3) is 0 Å². The molecule has 0 bridgehead atoms. The number of aromatic nitrogens is 1. The lowest BCUT2D eigenvalue weighted by Crippen LogP contribution is -2.48. The van der Waals surface area contributed by atoms with Crippen molar-refractivity contribution in [2.45, 2.75) is 19.4 Å². The lowest BCUT2D eigenvalue weighted by atomic mass is 10.2. The molecule has 1 aliphatic heterocycles. The van der Waals surface area contributed by atoms with Gasteiger partial charge in [-0.15, -0.1) is 0 Å². The topological polar surface area (TPSA) is 57.6 Å². The van der Waals surface area contributed by atoms with Crippen molar-refractivity contribution in [3.8, 4) is 0 Å². The normalized spacial score (nSPS) is 19.2. The molecule has 0 radical (unpaired) electrons. The molecule has 0 saturated carbocycles. The van der Waals surface area contributed by atoms with Crippen LogP contribution < -0.4 is 10.2 Å². The Morgan fingerprint density at radius 3 is 3.00 bits per heavy atom. The molecule has 0 aromatic carbocycles. The summed E-state index contributed by atoms with van der Waals surface area (Å²) in [5, 5.41) is 12.1. The molecule has 1 fully saturated rings. The Bertz CT molecular complexity index is 459. The van der Waals surface area contributed by atoms with E-state index in [1.807, 2.05) is 6.92 Å². The maximum atomic E-state index is 14.0. The van der Waals surface area contributed by atoms with Gasteiger partial charge in [0, 0.05) is 19.2 Å². The maximum Gasteiger partial charge on any atom is 0.168 e. The summed E-state index contributed by atoms with van der Waals surface area (Å²) < 4.78 is 32.8. The van der Waals surface area contributed by atoms with Gasteiger partial charge in [-0.1, -0.05) is 6.92 Å².